The second kappa shape index (κ2) is 3.19. The molecule has 0 fully saturated rings. The Bertz CT molecular complexity index is 154. The Balaban J connectivity index is 4.41. The quantitative estimate of drug-likeness (QED) is 0.419. The van der Waals surface area contributed by atoms with E-state index in [1.165, 1.54) is 0 Å². The van der Waals surface area contributed by atoms with E-state index in [1.807, 2.05) is 13.8 Å². The normalized spacial score (nSPS) is 12.8. The number of allylic oxidation sites excluding steroid dienone is 2. The van der Waals surface area contributed by atoms with Crippen molar-refractivity contribution < 1.29 is 5.11 Å². The lowest BCUT2D eigenvalue weighted by Gasteiger charge is -2.03. The predicted octanol–water partition coefficient (Wildman–Crippen LogP) is 2.11. The highest BCUT2D eigenvalue weighted by atomic mass is 16.3. The second-order valence-corrected chi connectivity index (χ2v) is 2.30. The summed E-state index contributed by atoms with van der Waals surface area (Å²) in [5, 5.41) is 8.92. The van der Waals surface area contributed by atoms with Gasteiger partial charge >= 0.3 is 0 Å². The molecule has 0 unspecified atom stereocenters. The molecule has 0 aromatic heterocycles. The van der Waals surface area contributed by atoms with E-state index < -0.39 is 0 Å². The van der Waals surface area contributed by atoms with Crippen LogP contribution >= 0.6 is 0 Å². The number of aliphatic hydroxyl groups excluding tert-OH is 1. The van der Waals surface area contributed by atoms with Gasteiger partial charge < -0.3 is 5.11 Å². The second-order valence-electron chi connectivity index (χ2n) is 2.30. The van der Waals surface area contributed by atoms with Gasteiger partial charge in [0, 0.05) is 5.57 Å². The van der Waals surface area contributed by atoms with E-state index in [-0.39, 0.29) is 11.7 Å². The van der Waals surface area contributed by atoms with Gasteiger partial charge in [0.05, 0.1) is 0 Å². The molecule has 50 valence electrons. The molecule has 1 heteroatoms. The van der Waals surface area contributed by atoms with Gasteiger partial charge in [-0.15, -0.1) is 6.42 Å². The molecule has 0 saturated heterocycles. The van der Waals surface area contributed by atoms with Crippen LogP contribution < -0.4 is 0 Å². The third kappa shape index (κ3) is 2.23. The third-order valence-corrected chi connectivity index (χ3v) is 1.12. The molecule has 0 rings (SSSR count). The van der Waals surface area contributed by atoms with Gasteiger partial charge in [0.2, 0.25) is 0 Å². The van der Waals surface area contributed by atoms with E-state index in [9.17, 15) is 0 Å². The zero-order chi connectivity index (χ0) is 7.44. The summed E-state index contributed by atoms with van der Waals surface area (Å²) in [5.74, 6) is 2.94. The summed E-state index contributed by atoms with van der Waals surface area (Å²) < 4.78 is 0. The molecular formula is C8H12O. The molecular weight excluding hydrogens is 112 g/mol. The Morgan fingerprint density at radius 3 is 2.00 bits per heavy atom. The minimum absolute atomic E-state index is 0.250. The Morgan fingerprint density at radius 2 is 2.00 bits per heavy atom. The topological polar surface area (TPSA) is 20.2 Å². The lowest BCUT2D eigenvalue weighted by Crippen LogP contribution is -1.93. The average Bonchev–Trinajstić information content (AvgIpc) is 1.64. The molecule has 0 spiro atoms. The first kappa shape index (κ1) is 8.10. The van der Waals surface area contributed by atoms with Gasteiger partial charge in [-0.2, -0.15) is 0 Å². The molecule has 0 saturated carbocycles. The highest BCUT2D eigenvalue weighted by Crippen LogP contribution is 2.10. The van der Waals surface area contributed by atoms with E-state index in [2.05, 4.69) is 5.92 Å². The van der Waals surface area contributed by atoms with Gasteiger partial charge in [0.15, 0.2) is 0 Å². The number of rotatable bonds is 1. The van der Waals surface area contributed by atoms with Crippen molar-refractivity contribution in [2.24, 2.45) is 5.92 Å². The Labute approximate surface area is 56.4 Å². The van der Waals surface area contributed by atoms with Crippen molar-refractivity contribution in [3.05, 3.63) is 11.3 Å². The van der Waals surface area contributed by atoms with Crippen LogP contribution in [0.1, 0.15) is 20.8 Å². The maximum Gasteiger partial charge on any atom is 0.101 e. The van der Waals surface area contributed by atoms with Crippen LogP contribution in [0.25, 0.3) is 0 Å². The minimum atomic E-state index is 0.250. The predicted molar refractivity (Wildman–Crippen MR) is 39.0 cm³/mol. The number of aliphatic hydroxyl groups is 1. The van der Waals surface area contributed by atoms with Crippen molar-refractivity contribution >= 4 is 0 Å². The summed E-state index contributed by atoms with van der Waals surface area (Å²) >= 11 is 0. The first-order chi connectivity index (χ1) is 4.09. The zero-order valence-corrected chi connectivity index (χ0v) is 6.10. The summed E-state index contributed by atoms with van der Waals surface area (Å²) in [7, 11) is 0. The molecule has 0 bridgehead atoms. The smallest absolute Gasteiger partial charge is 0.101 e. The van der Waals surface area contributed by atoms with Crippen LogP contribution in [0.4, 0.5) is 0 Å². The summed E-state index contributed by atoms with van der Waals surface area (Å²) in [6, 6.07) is 0. The summed E-state index contributed by atoms with van der Waals surface area (Å²) in [5.41, 5.74) is 0.690. The Hall–Kier alpha value is -0.900. The molecule has 1 N–H and O–H groups in total. The SMILES string of the molecule is C#CC(=C(C)O)C(C)C. The lowest BCUT2D eigenvalue weighted by atomic mass is 10.0. The molecule has 0 atom stereocenters. The van der Waals surface area contributed by atoms with Crippen molar-refractivity contribution in [1.82, 2.24) is 0 Å². The van der Waals surface area contributed by atoms with E-state index in [0.717, 1.165) is 0 Å². The number of hydrogen-bond donors (Lipinski definition) is 1. The average molecular weight is 124 g/mol. The first-order valence-electron chi connectivity index (χ1n) is 2.96. The van der Waals surface area contributed by atoms with Crippen LogP contribution in [-0.2, 0) is 0 Å². The third-order valence-electron chi connectivity index (χ3n) is 1.12. The standard InChI is InChI=1S/C8H12O/c1-5-8(6(2)3)7(4)9/h1,6,9H,2-4H3. The van der Waals surface area contributed by atoms with Crippen molar-refractivity contribution in [2.45, 2.75) is 20.8 Å². The summed E-state index contributed by atoms with van der Waals surface area (Å²) in [6.07, 6.45) is 5.11. The van der Waals surface area contributed by atoms with Crippen LogP contribution in [0.2, 0.25) is 0 Å². The monoisotopic (exact) mass is 124 g/mol. The molecule has 0 heterocycles. The highest BCUT2D eigenvalue weighted by Gasteiger charge is 2.01. The molecule has 0 aromatic carbocycles. The maximum atomic E-state index is 8.92. The van der Waals surface area contributed by atoms with E-state index >= 15 is 0 Å². The van der Waals surface area contributed by atoms with Crippen molar-refractivity contribution in [3.63, 3.8) is 0 Å². The molecule has 0 amide bonds. The molecule has 0 aliphatic carbocycles. The van der Waals surface area contributed by atoms with E-state index in [0.29, 0.717) is 5.57 Å². The minimum Gasteiger partial charge on any atom is -0.512 e. The molecule has 0 aromatic rings. The van der Waals surface area contributed by atoms with E-state index in [1.54, 1.807) is 6.92 Å². The van der Waals surface area contributed by atoms with Gasteiger partial charge in [-0.1, -0.05) is 19.8 Å². The van der Waals surface area contributed by atoms with Gasteiger partial charge in [0.25, 0.3) is 0 Å². The van der Waals surface area contributed by atoms with Gasteiger partial charge in [-0.25, -0.2) is 0 Å². The van der Waals surface area contributed by atoms with Crippen LogP contribution in [0.3, 0.4) is 0 Å². The van der Waals surface area contributed by atoms with Gasteiger partial charge in [0.1, 0.15) is 5.76 Å². The van der Waals surface area contributed by atoms with Crippen molar-refractivity contribution in [1.29, 1.82) is 0 Å². The highest BCUT2D eigenvalue weighted by molar-refractivity contribution is 5.28. The fourth-order valence-corrected chi connectivity index (χ4v) is 0.689. The number of hydrogen-bond acceptors (Lipinski definition) is 1. The zero-order valence-electron chi connectivity index (χ0n) is 6.10. The summed E-state index contributed by atoms with van der Waals surface area (Å²) in [4.78, 5) is 0. The molecule has 0 aliphatic heterocycles. The van der Waals surface area contributed by atoms with Crippen molar-refractivity contribution in [2.75, 3.05) is 0 Å². The van der Waals surface area contributed by atoms with Gasteiger partial charge in [-0.05, 0) is 12.8 Å². The van der Waals surface area contributed by atoms with Crippen LogP contribution in [0, 0.1) is 18.3 Å². The Morgan fingerprint density at radius 1 is 1.56 bits per heavy atom. The molecule has 9 heavy (non-hydrogen) atoms. The first-order valence-corrected chi connectivity index (χ1v) is 2.96. The summed E-state index contributed by atoms with van der Waals surface area (Å²) in [6.45, 7) is 5.51. The van der Waals surface area contributed by atoms with Crippen LogP contribution in [0.5, 0.6) is 0 Å². The van der Waals surface area contributed by atoms with Crippen LogP contribution in [0.15, 0.2) is 11.3 Å². The molecule has 1 nitrogen and oxygen atoms in total. The fourth-order valence-electron chi connectivity index (χ4n) is 0.689. The van der Waals surface area contributed by atoms with Crippen LogP contribution in [-0.4, -0.2) is 5.11 Å². The fraction of sp³-hybridized carbons (Fsp3) is 0.500. The largest absolute Gasteiger partial charge is 0.512 e. The lowest BCUT2D eigenvalue weighted by molar-refractivity contribution is 0.403. The maximum absolute atomic E-state index is 8.92. The molecule has 0 aliphatic rings. The van der Waals surface area contributed by atoms with Gasteiger partial charge in [-0.3, -0.25) is 0 Å². The number of terminal acetylenes is 1. The van der Waals surface area contributed by atoms with Crippen molar-refractivity contribution in [3.8, 4) is 12.3 Å². The molecule has 0 radical (unpaired) electrons. The Kier molecular flexibility index (Phi) is 2.87. The van der Waals surface area contributed by atoms with E-state index in [4.69, 9.17) is 11.5 Å².